The molecule has 0 aromatic heterocycles. The molecule has 0 bridgehead atoms. The first kappa shape index (κ1) is 8.75. The highest BCUT2D eigenvalue weighted by atomic mass is 32.2. The van der Waals surface area contributed by atoms with E-state index < -0.39 is 0 Å². The predicted octanol–water partition coefficient (Wildman–Crippen LogP) is 2.69. The highest BCUT2D eigenvalue weighted by Gasteiger charge is 2.25. The number of benzene rings is 1. The summed E-state index contributed by atoms with van der Waals surface area (Å²) in [5.74, 6) is 0.326. The van der Waals surface area contributed by atoms with Gasteiger partial charge in [0.15, 0.2) is 0 Å². The topological polar surface area (TPSA) is 32.3 Å². The number of phenols is 1. The number of anilines is 1. The summed E-state index contributed by atoms with van der Waals surface area (Å²) in [6.45, 7) is 5.36. The Hall–Kier alpha value is -0.830. The van der Waals surface area contributed by atoms with Gasteiger partial charge in [-0.2, -0.15) is 0 Å². The van der Waals surface area contributed by atoms with E-state index in [0.717, 1.165) is 12.2 Å². The van der Waals surface area contributed by atoms with Crippen molar-refractivity contribution in [3.05, 3.63) is 18.2 Å². The van der Waals surface area contributed by atoms with Crippen LogP contribution in [0.3, 0.4) is 0 Å². The van der Waals surface area contributed by atoms with E-state index in [-0.39, 0.29) is 4.75 Å². The molecule has 1 heterocycles. The first-order valence-corrected chi connectivity index (χ1v) is 5.14. The third kappa shape index (κ3) is 1.75. The minimum Gasteiger partial charge on any atom is -0.508 e. The van der Waals surface area contributed by atoms with Crippen LogP contribution in [0.4, 0.5) is 5.69 Å². The molecule has 0 spiro atoms. The summed E-state index contributed by atoms with van der Waals surface area (Å²) in [5.41, 5.74) is 1.05. The van der Waals surface area contributed by atoms with Gasteiger partial charge >= 0.3 is 0 Å². The molecule has 1 aromatic carbocycles. The molecule has 2 rings (SSSR count). The van der Waals surface area contributed by atoms with Crippen molar-refractivity contribution in [2.45, 2.75) is 23.5 Å². The average Bonchev–Trinajstić information content (AvgIpc) is 2.05. The maximum absolute atomic E-state index is 9.27. The van der Waals surface area contributed by atoms with E-state index in [0.29, 0.717) is 5.75 Å². The summed E-state index contributed by atoms with van der Waals surface area (Å²) in [7, 11) is 0. The van der Waals surface area contributed by atoms with Crippen LogP contribution in [0.1, 0.15) is 13.8 Å². The van der Waals surface area contributed by atoms with Gasteiger partial charge in [0.05, 0.1) is 5.69 Å². The van der Waals surface area contributed by atoms with E-state index in [2.05, 4.69) is 19.2 Å². The second-order valence-corrected chi connectivity index (χ2v) is 5.64. The Bertz CT molecular complexity index is 336. The van der Waals surface area contributed by atoms with Crippen LogP contribution in [0.15, 0.2) is 23.1 Å². The largest absolute Gasteiger partial charge is 0.508 e. The maximum Gasteiger partial charge on any atom is 0.117 e. The third-order valence-corrected chi connectivity index (χ3v) is 3.33. The number of phenolic OH excluding ortho intramolecular Hbond substituents is 1. The zero-order valence-corrected chi connectivity index (χ0v) is 8.61. The normalized spacial score (nSPS) is 18.9. The summed E-state index contributed by atoms with van der Waals surface area (Å²) in [5, 5.41) is 12.6. The molecule has 1 aliphatic rings. The monoisotopic (exact) mass is 195 g/mol. The number of rotatable bonds is 0. The lowest BCUT2D eigenvalue weighted by Gasteiger charge is -2.31. The molecule has 13 heavy (non-hydrogen) atoms. The lowest BCUT2D eigenvalue weighted by Crippen LogP contribution is -2.29. The van der Waals surface area contributed by atoms with E-state index in [1.165, 1.54) is 4.90 Å². The summed E-state index contributed by atoms with van der Waals surface area (Å²) >= 11 is 1.85. The van der Waals surface area contributed by atoms with Crippen LogP contribution < -0.4 is 5.32 Å². The van der Waals surface area contributed by atoms with Gasteiger partial charge in [0.1, 0.15) is 5.75 Å². The van der Waals surface area contributed by atoms with Crippen molar-refractivity contribution in [3.8, 4) is 5.75 Å². The summed E-state index contributed by atoms with van der Waals surface area (Å²) in [4.78, 5) is 1.22. The van der Waals surface area contributed by atoms with Gasteiger partial charge in [0.2, 0.25) is 0 Å². The van der Waals surface area contributed by atoms with Gasteiger partial charge < -0.3 is 10.4 Å². The van der Waals surface area contributed by atoms with Crippen LogP contribution >= 0.6 is 11.8 Å². The van der Waals surface area contributed by atoms with Gasteiger partial charge in [-0.3, -0.25) is 0 Å². The van der Waals surface area contributed by atoms with Crippen molar-refractivity contribution >= 4 is 17.4 Å². The molecule has 0 unspecified atom stereocenters. The molecular weight excluding hydrogens is 182 g/mol. The van der Waals surface area contributed by atoms with Gasteiger partial charge in [-0.1, -0.05) is 0 Å². The van der Waals surface area contributed by atoms with E-state index in [9.17, 15) is 5.11 Å². The fourth-order valence-electron chi connectivity index (χ4n) is 1.39. The predicted molar refractivity (Wildman–Crippen MR) is 56.5 cm³/mol. The van der Waals surface area contributed by atoms with Gasteiger partial charge in [0, 0.05) is 22.3 Å². The fraction of sp³-hybridized carbons (Fsp3) is 0.400. The number of aromatic hydroxyl groups is 1. The van der Waals surface area contributed by atoms with E-state index >= 15 is 0 Å². The zero-order chi connectivity index (χ0) is 9.47. The van der Waals surface area contributed by atoms with Gasteiger partial charge in [-0.15, -0.1) is 11.8 Å². The van der Waals surface area contributed by atoms with Crippen LogP contribution in [0, 0.1) is 0 Å². The molecule has 0 saturated carbocycles. The summed E-state index contributed by atoms with van der Waals surface area (Å²) < 4.78 is 0.240. The number of hydrogen-bond donors (Lipinski definition) is 2. The molecule has 0 atom stereocenters. The molecule has 0 radical (unpaired) electrons. The number of fused-ring (bicyclic) bond motifs is 1. The molecule has 2 nitrogen and oxygen atoms in total. The number of hydrogen-bond acceptors (Lipinski definition) is 3. The van der Waals surface area contributed by atoms with Gasteiger partial charge in [0.25, 0.3) is 0 Å². The smallest absolute Gasteiger partial charge is 0.117 e. The third-order valence-electron chi connectivity index (χ3n) is 2.05. The molecule has 0 aliphatic carbocycles. The molecule has 1 aliphatic heterocycles. The Kier molecular flexibility index (Phi) is 1.91. The van der Waals surface area contributed by atoms with Crippen LogP contribution in [0.2, 0.25) is 0 Å². The maximum atomic E-state index is 9.27. The molecule has 0 amide bonds. The van der Waals surface area contributed by atoms with E-state index in [1.807, 2.05) is 17.8 Å². The van der Waals surface area contributed by atoms with Gasteiger partial charge in [-0.25, -0.2) is 0 Å². The Labute approximate surface area is 82.4 Å². The standard InChI is InChI=1S/C10H13NOS/c1-10(2)6-11-8-5-7(12)3-4-9(8)13-10/h3-5,11-12H,6H2,1-2H3. The molecule has 0 fully saturated rings. The van der Waals surface area contributed by atoms with Crippen molar-refractivity contribution in [2.75, 3.05) is 11.9 Å². The molecular formula is C10H13NOS. The second-order valence-electron chi connectivity index (χ2n) is 3.90. The van der Waals surface area contributed by atoms with Crippen LogP contribution in [0.25, 0.3) is 0 Å². The lowest BCUT2D eigenvalue weighted by molar-refractivity contribution is 0.475. The highest BCUT2D eigenvalue weighted by molar-refractivity contribution is 8.00. The Morgan fingerprint density at radius 3 is 3.00 bits per heavy atom. The van der Waals surface area contributed by atoms with Gasteiger partial charge in [-0.05, 0) is 26.0 Å². The van der Waals surface area contributed by atoms with E-state index in [1.54, 1.807) is 12.1 Å². The van der Waals surface area contributed by atoms with Crippen LogP contribution in [-0.2, 0) is 0 Å². The minimum atomic E-state index is 0.240. The van der Waals surface area contributed by atoms with Crippen molar-refractivity contribution in [1.82, 2.24) is 0 Å². The van der Waals surface area contributed by atoms with Crippen molar-refractivity contribution in [3.63, 3.8) is 0 Å². The SMILES string of the molecule is CC1(C)CNc2cc(O)ccc2S1. The van der Waals surface area contributed by atoms with Crippen molar-refractivity contribution in [1.29, 1.82) is 0 Å². The first-order valence-electron chi connectivity index (χ1n) is 4.33. The van der Waals surface area contributed by atoms with Crippen LogP contribution in [-0.4, -0.2) is 16.4 Å². The Morgan fingerprint density at radius 1 is 1.46 bits per heavy atom. The molecule has 1 aromatic rings. The Morgan fingerprint density at radius 2 is 2.23 bits per heavy atom. The van der Waals surface area contributed by atoms with Crippen molar-refractivity contribution in [2.24, 2.45) is 0 Å². The molecule has 70 valence electrons. The fourth-order valence-corrected chi connectivity index (χ4v) is 2.50. The summed E-state index contributed by atoms with van der Waals surface area (Å²) in [6.07, 6.45) is 0. The van der Waals surface area contributed by atoms with E-state index in [4.69, 9.17) is 0 Å². The summed E-state index contributed by atoms with van der Waals surface area (Å²) in [6, 6.07) is 5.47. The highest BCUT2D eigenvalue weighted by Crippen LogP contribution is 2.42. The van der Waals surface area contributed by atoms with Crippen LogP contribution in [0.5, 0.6) is 5.75 Å². The number of nitrogens with one attached hydrogen (secondary N) is 1. The number of thioether (sulfide) groups is 1. The van der Waals surface area contributed by atoms with Crippen molar-refractivity contribution < 1.29 is 5.11 Å². The molecule has 0 saturated heterocycles. The lowest BCUT2D eigenvalue weighted by atomic mass is 10.2. The minimum absolute atomic E-state index is 0.240. The molecule has 2 N–H and O–H groups in total. The Balaban J connectivity index is 2.37. The average molecular weight is 195 g/mol. The quantitative estimate of drug-likeness (QED) is 0.667. The second kappa shape index (κ2) is 2.84. The zero-order valence-electron chi connectivity index (χ0n) is 7.79. The molecule has 3 heteroatoms. The first-order chi connectivity index (χ1) is 6.07.